The number of nitrogens with one attached hydrogen (secondary N) is 2. The van der Waals surface area contributed by atoms with Crippen molar-refractivity contribution in [3.05, 3.63) is 60.3 Å². The molecule has 2 aromatic heterocycles. The minimum absolute atomic E-state index is 0.0940. The number of amides is 1. The van der Waals surface area contributed by atoms with E-state index in [1.807, 2.05) is 12.3 Å². The molecule has 3 aromatic rings. The van der Waals surface area contributed by atoms with Gasteiger partial charge in [0.15, 0.2) is 0 Å². The number of morpholine rings is 1. The smallest absolute Gasteiger partial charge is 0.274 e. The van der Waals surface area contributed by atoms with Crippen molar-refractivity contribution in [3.63, 3.8) is 0 Å². The molecular formula is C24H28FN7O2. The Balaban J connectivity index is 1.30. The highest BCUT2D eigenvalue weighted by molar-refractivity contribution is 6.04. The van der Waals surface area contributed by atoms with E-state index >= 15 is 0 Å². The number of pyridine rings is 1. The lowest BCUT2D eigenvalue weighted by Gasteiger charge is -2.30. The van der Waals surface area contributed by atoms with Crippen LogP contribution in [0.15, 0.2) is 48.8 Å². The third-order valence-corrected chi connectivity index (χ3v) is 6.10. The van der Waals surface area contributed by atoms with Gasteiger partial charge in [0.2, 0.25) is 0 Å². The molecule has 0 atom stereocenters. The number of fused-ring (bicyclic) bond motifs is 1. The van der Waals surface area contributed by atoms with Gasteiger partial charge < -0.3 is 25.2 Å². The molecule has 2 aliphatic rings. The molecule has 2 N–H and O–H groups in total. The maximum absolute atomic E-state index is 14.8. The summed E-state index contributed by atoms with van der Waals surface area (Å²) in [5, 5.41) is 11.2. The van der Waals surface area contributed by atoms with Gasteiger partial charge in [0.25, 0.3) is 5.91 Å². The van der Waals surface area contributed by atoms with Crippen molar-refractivity contribution in [2.45, 2.75) is 6.54 Å². The van der Waals surface area contributed by atoms with Crippen LogP contribution in [0.2, 0.25) is 0 Å². The minimum Gasteiger partial charge on any atom is -0.378 e. The third kappa shape index (κ3) is 4.87. The highest BCUT2D eigenvalue weighted by atomic mass is 19.1. The number of allylic oxidation sites excluding steroid dienone is 1. The van der Waals surface area contributed by atoms with Crippen LogP contribution in [0.25, 0.3) is 10.9 Å². The summed E-state index contributed by atoms with van der Waals surface area (Å²) in [6, 6.07) is 8.20. The Bertz CT molecular complexity index is 1200. The van der Waals surface area contributed by atoms with E-state index in [9.17, 15) is 9.18 Å². The summed E-state index contributed by atoms with van der Waals surface area (Å²) in [5.41, 5.74) is 1.81. The maximum Gasteiger partial charge on any atom is 0.274 e. The second kappa shape index (κ2) is 9.78. The van der Waals surface area contributed by atoms with E-state index < -0.39 is 11.7 Å². The van der Waals surface area contributed by atoms with E-state index in [1.165, 1.54) is 6.07 Å². The van der Waals surface area contributed by atoms with Crippen LogP contribution in [0.3, 0.4) is 0 Å². The summed E-state index contributed by atoms with van der Waals surface area (Å²) in [5.74, 6) is -0.304. The number of ether oxygens (including phenoxy) is 1. The molecule has 178 valence electrons. The van der Waals surface area contributed by atoms with E-state index in [0.29, 0.717) is 44.2 Å². The fraction of sp³-hybridized carbons (Fsp3) is 0.375. The largest absolute Gasteiger partial charge is 0.378 e. The number of benzene rings is 1. The summed E-state index contributed by atoms with van der Waals surface area (Å²) in [6.45, 7) is 11.1. The van der Waals surface area contributed by atoms with E-state index in [2.05, 4.69) is 37.1 Å². The summed E-state index contributed by atoms with van der Waals surface area (Å²) in [7, 11) is 0. The quantitative estimate of drug-likeness (QED) is 0.576. The van der Waals surface area contributed by atoms with Gasteiger partial charge >= 0.3 is 0 Å². The molecule has 10 heteroatoms. The maximum atomic E-state index is 14.8. The van der Waals surface area contributed by atoms with Gasteiger partial charge in [-0.15, -0.1) is 0 Å². The molecule has 5 rings (SSSR count). The molecule has 0 spiro atoms. The number of halogens is 1. The Morgan fingerprint density at radius 2 is 1.97 bits per heavy atom. The third-order valence-electron chi connectivity index (χ3n) is 6.10. The topological polar surface area (TPSA) is 87.5 Å². The molecular weight excluding hydrogens is 437 g/mol. The Labute approximate surface area is 197 Å². The van der Waals surface area contributed by atoms with Gasteiger partial charge in [-0.05, 0) is 18.2 Å². The predicted octanol–water partition coefficient (Wildman–Crippen LogP) is 2.08. The van der Waals surface area contributed by atoms with Crippen LogP contribution in [0, 0.1) is 5.82 Å². The molecule has 2 aliphatic heterocycles. The van der Waals surface area contributed by atoms with Crippen molar-refractivity contribution >= 4 is 28.3 Å². The predicted molar refractivity (Wildman–Crippen MR) is 128 cm³/mol. The first-order chi connectivity index (χ1) is 16.6. The molecule has 2 saturated heterocycles. The van der Waals surface area contributed by atoms with Crippen LogP contribution in [0.5, 0.6) is 0 Å². The number of rotatable bonds is 6. The second-order valence-corrected chi connectivity index (χ2v) is 8.46. The summed E-state index contributed by atoms with van der Waals surface area (Å²) in [6.07, 6.45) is 1.84. The summed E-state index contributed by atoms with van der Waals surface area (Å²) in [4.78, 5) is 21.6. The van der Waals surface area contributed by atoms with Crippen LogP contribution in [0.1, 0.15) is 10.5 Å². The average molecular weight is 466 g/mol. The van der Waals surface area contributed by atoms with E-state index in [0.717, 1.165) is 37.3 Å². The van der Waals surface area contributed by atoms with E-state index in [1.54, 1.807) is 22.9 Å². The molecule has 2 fully saturated rings. The normalized spacial score (nSPS) is 16.6. The van der Waals surface area contributed by atoms with Gasteiger partial charge in [0.05, 0.1) is 31.0 Å². The first-order valence-corrected chi connectivity index (χ1v) is 11.5. The number of hydrogen-bond acceptors (Lipinski definition) is 7. The van der Waals surface area contributed by atoms with Crippen LogP contribution >= 0.6 is 0 Å². The highest BCUT2D eigenvalue weighted by Crippen LogP contribution is 2.23. The second-order valence-electron chi connectivity index (χ2n) is 8.46. The van der Waals surface area contributed by atoms with Crippen molar-refractivity contribution in [1.82, 2.24) is 25.0 Å². The minimum atomic E-state index is -0.545. The number of aromatic nitrogens is 3. The fourth-order valence-corrected chi connectivity index (χ4v) is 4.25. The lowest BCUT2D eigenvalue weighted by Crippen LogP contribution is -2.43. The molecule has 0 radical (unpaired) electrons. The van der Waals surface area contributed by atoms with Gasteiger partial charge in [-0.3, -0.25) is 9.48 Å². The zero-order valence-corrected chi connectivity index (χ0v) is 19.0. The molecule has 1 amide bonds. The number of carbonyl (C=O) groups excluding carboxylic acids is 1. The zero-order valence-electron chi connectivity index (χ0n) is 19.0. The van der Waals surface area contributed by atoms with E-state index in [4.69, 9.17) is 4.74 Å². The SMILES string of the molecule is C=C(Cn1cc2cc(NC(=O)c3cccc(N4CCOCC4)n3)c(F)cc2n1)N1CCNCC1. The Morgan fingerprint density at radius 1 is 1.18 bits per heavy atom. The van der Waals surface area contributed by atoms with Crippen LogP contribution < -0.4 is 15.5 Å². The van der Waals surface area contributed by atoms with Gasteiger partial charge in [0, 0.05) is 62.6 Å². The Morgan fingerprint density at radius 3 is 2.76 bits per heavy atom. The van der Waals surface area contributed by atoms with Crippen molar-refractivity contribution in [1.29, 1.82) is 0 Å². The van der Waals surface area contributed by atoms with Gasteiger partial charge in [-0.25, -0.2) is 9.37 Å². The number of hydrogen-bond donors (Lipinski definition) is 2. The van der Waals surface area contributed by atoms with Crippen molar-refractivity contribution in [3.8, 4) is 0 Å². The molecule has 0 bridgehead atoms. The van der Waals surface area contributed by atoms with Crippen molar-refractivity contribution in [2.75, 3.05) is 62.7 Å². The molecule has 1 aromatic carbocycles. The number of piperazine rings is 1. The first kappa shape index (κ1) is 22.3. The lowest BCUT2D eigenvalue weighted by atomic mass is 10.2. The van der Waals surface area contributed by atoms with E-state index in [-0.39, 0.29) is 11.4 Å². The fourth-order valence-electron chi connectivity index (χ4n) is 4.25. The van der Waals surface area contributed by atoms with Gasteiger partial charge in [0.1, 0.15) is 17.3 Å². The first-order valence-electron chi connectivity index (χ1n) is 11.5. The number of nitrogens with zero attached hydrogens (tertiary/aromatic N) is 5. The van der Waals surface area contributed by atoms with Crippen molar-refractivity contribution in [2.24, 2.45) is 0 Å². The van der Waals surface area contributed by atoms with Crippen LogP contribution in [-0.4, -0.2) is 78.1 Å². The lowest BCUT2D eigenvalue weighted by molar-refractivity contribution is 0.102. The Hall–Kier alpha value is -3.50. The molecule has 0 aliphatic carbocycles. The summed E-state index contributed by atoms with van der Waals surface area (Å²) >= 11 is 0. The standard InChI is InChI=1S/C24H28FN7O2/c1-17(30-7-5-26-6-8-30)15-32-16-18-13-22(19(25)14-21(18)29-32)28-24(33)20-3-2-4-23(27-20)31-9-11-34-12-10-31/h2-4,13-14,16,26H,1,5-12,15H2,(H,28,33). The molecule has 9 nitrogen and oxygen atoms in total. The number of carbonyl (C=O) groups is 1. The van der Waals surface area contributed by atoms with Crippen LogP contribution in [-0.2, 0) is 11.3 Å². The van der Waals surface area contributed by atoms with Gasteiger partial charge in [-0.2, -0.15) is 5.10 Å². The van der Waals surface area contributed by atoms with Crippen molar-refractivity contribution < 1.29 is 13.9 Å². The molecule has 34 heavy (non-hydrogen) atoms. The Kier molecular flexibility index (Phi) is 6.41. The molecule has 0 unspecified atom stereocenters. The van der Waals surface area contributed by atoms with Gasteiger partial charge in [-0.1, -0.05) is 12.6 Å². The molecule has 0 saturated carbocycles. The highest BCUT2D eigenvalue weighted by Gasteiger charge is 2.17. The summed E-state index contributed by atoms with van der Waals surface area (Å²) < 4.78 is 21.9. The monoisotopic (exact) mass is 465 g/mol. The zero-order chi connectivity index (χ0) is 23.5. The average Bonchev–Trinajstić information content (AvgIpc) is 3.26. The van der Waals surface area contributed by atoms with Crippen LogP contribution in [0.4, 0.5) is 15.9 Å². The molecule has 4 heterocycles. The number of anilines is 2.